The lowest BCUT2D eigenvalue weighted by molar-refractivity contribution is -0.116. The zero-order valence-electron chi connectivity index (χ0n) is 18.4. The maximum absolute atomic E-state index is 12.1. The van der Waals surface area contributed by atoms with E-state index in [0.29, 0.717) is 23.8 Å². The first-order valence-corrected chi connectivity index (χ1v) is 12.6. The van der Waals surface area contributed by atoms with Crippen LogP contribution in [0, 0.1) is 0 Å². The Balaban J connectivity index is 1.14. The molecule has 3 aromatic heterocycles. The molecule has 4 aromatic rings. The van der Waals surface area contributed by atoms with Crippen molar-refractivity contribution in [2.24, 2.45) is 0 Å². The van der Waals surface area contributed by atoms with E-state index in [1.54, 1.807) is 17.4 Å². The minimum Gasteiger partial charge on any atom is -0.309 e. The third-order valence-corrected chi connectivity index (χ3v) is 6.67. The lowest BCUT2D eigenvalue weighted by Gasteiger charge is -2.05. The Bertz CT molecular complexity index is 1190. The molecular formula is C24H24N6O2S2. The summed E-state index contributed by atoms with van der Waals surface area (Å²) in [4.78, 5) is 25.2. The average Bonchev–Trinajstić information content (AvgIpc) is 3.50. The Morgan fingerprint density at radius 2 is 1.59 bits per heavy atom. The van der Waals surface area contributed by atoms with Gasteiger partial charge in [0.25, 0.3) is 0 Å². The summed E-state index contributed by atoms with van der Waals surface area (Å²) in [5.74, 6) is 0.253. The van der Waals surface area contributed by atoms with Gasteiger partial charge in [0.2, 0.25) is 16.9 Å². The molecule has 0 fully saturated rings. The second kappa shape index (κ2) is 12.1. The quantitative estimate of drug-likeness (QED) is 0.302. The predicted molar refractivity (Wildman–Crippen MR) is 134 cm³/mol. The van der Waals surface area contributed by atoms with Crippen LogP contribution in [0.2, 0.25) is 0 Å². The number of benzene rings is 1. The van der Waals surface area contributed by atoms with E-state index in [1.807, 2.05) is 53.9 Å². The van der Waals surface area contributed by atoms with Crippen LogP contribution >= 0.6 is 22.7 Å². The smallest absolute Gasteiger partial charge is 0.231 e. The van der Waals surface area contributed by atoms with Crippen LogP contribution in [0.3, 0.4) is 0 Å². The number of amides is 2. The van der Waals surface area contributed by atoms with E-state index in [4.69, 9.17) is 0 Å². The number of hydrogen-bond donors (Lipinski definition) is 2. The van der Waals surface area contributed by atoms with Gasteiger partial charge in [-0.2, -0.15) is 5.10 Å². The van der Waals surface area contributed by atoms with Crippen LogP contribution in [0.1, 0.15) is 34.0 Å². The van der Waals surface area contributed by atoms with Gasteiger partial charge in [0.05, 0.1) is 18.5 Å². The Labute approximate surface area is 205 Å². The van der Waals surface area contributed by atoms with E-state index in [9.17, 15) is 9.59 Å². The molecular weight excluding hydrogens is 468 g/mol. The Morgan fingerprint density at radius 3 is 2.35 bits per heavy atom. The minimum absolute atomic E-state index is 0.0802. The summed E-state index contributed by atoms with van der Waals surface area (Å²) >= 11 is 2.97. The van der Waals surface area contributed by atoms with Gasteiger partial charge in [-0.25, -0.2) is 0 Å². The molecule has 1 aromatic carbocycles. The topological polar surface area (TPSA) is 110 Å². The highest BCUT2D eigenvalue weighted by Gasteiger charge is 2.10. The molecule has 4 rings (SSSR count). The molecule has 0 saturated carbocycles. The van der Waals surface area contributed by atoms with Crippen molar-refractivity contribution >= 4 is 45.4 Å². The van der Waals surface area contributed by atoms with Gasteiger partial charge in [0.1, 0.15) is 5.01 Å². The zero-order valence-corrected chi connectivity index (χ0v) is 20.1. The van der Waals surface area contributed by atoms with Crippen molar-refractivity contribution in [1.29, 1.82) is 0 Å². The molecule has 0 aliphatic heterocycles. The molecule has 8 nitrogen and oxygen atoms in total. The van der Waals surface area contributed by atoms with E-state index < -0.39 is 0 Å². The Hall–Kier alpha value is -3.50. The highest BCUT2D eigenvalue weighted by atomic mass is 32.1. The van der Waals surface area contributed by atoms with E-state index in [1.165, 1.54) is 11.3 Å². The molecule has 0 radical (unpaired) electrons. The van der Waals surface area contributed by atoms with Gasteiger partial charge in [-0.05, 0) is 48.4 Å². The van der Waals surface area contributed by atoms with Crippen LogP contribution < -0.4 is 10.6 Å². The number of nitrogens with one attached hydrogen (secondary N) is 2. The van der Waals surface area contributed by atoms with Crippen LogP contribution in [0.5, 0.6) is 0 Å². The van der Waals surface area contributed by atoms with Crippen molar-refractivity contribution in [2.45, 2.75) is 38.5 Å². The average molecular weight is 493 g/mol. The Kier molecular flexibility index (Phi) is 8.42. The maximum Gasteiger partial charge on any atom is 0.231 e. The Morgan fingerprint density at radius 1 is 0.765 bits per heavy atom. The summed E-state index contributed by atoms with van der Waals surface area (Å²) in [5.41, 5.74) is 1.83. The van der Waals surface area contributed by atoms with Gasteiger partial charge < -0.3 is 10.6 Å². The van der Waals surface area contributed by atoms with Crippen molar-refractivity contribution in [3.63, 3.8) is 0 Å². The molecule has 0 aliphatic rings. The van der Waals surface area contributed by atoms with E-state index >= 15 is 0 Å². The summed E-state index contributed by atoms with van der Waals surface area (Å²) in [7, 11) is 0. The standard InChI is InChI=1S/C24H24N6O2S2/c31-21(15-17-7-2-1-3-8-17)25-20-13-12-18(27-28-20)9-4-5-11-23-29-30-24(34-23)26-22(32)16-19-10-6-14-33-19/h1-3,6-8,10,12-14H,4-5,9,11,15-16H2,(H,25,28,31)(H,26,30,32). The van der Waals surface area contributed by atoms with Gasteiger partial charge in [0, 0.05) is 11.3 Å². The normalized spacial score (nSPS) is 10.7. The second-order valence-corrected chi connectivity index (χ2v) is 9.73. The van der Waals surface area contributed by atoms with Crippen molar-refractivity contribution in [3.8, 4) is 0 Å². The molecule has 0 spiro atoms. The van der Waals surface area contributed by atoms with Crippen LogP contribution in [0.4, 0.5) is 10.9 Å². The van der Waals surface area contributed by atoms with Crippen LogP contribution in [-0.4, -0.2) is 32.2 Å². The SMILES string of the molecule is O=C(Cc1ccccc1)Nc1ccc(CCCCc2nnc(NC(=O)Cc3cccs3)s2)nn1. The fourth-order valence-corrected chi connectivity index (χ4v) is 4.75. The molecule has 0 saturated heterocycles. The number of anilines is 2. The predicted octanol–water partition coefficient (Wildman–Crippen LogP) is 4.32. The number of hydrogen-bond acceptors (Lipinski definition) is 8. The van der Waals surface area contributed by atoms with Crippen molar-refractivity contribution in [3.05, 3.63) is 81.1 Å². The third kappa shape index (κ3) is 7.53. The lowest BCUT2D eigenvalue weighted by atomic mass is 10.1. The number of aromatic nitrogens is 4. The molecule has 174 valence electrons. The monoisotopic (exact) mass is 492 g/mol. The fraction of sp³-hybridized carbons (Fsp3) is 0.250. The van der Waals surface area contributed by atoms with E-state index in [0.717, 1.165) is 46.8 Å². The molecule has 34 heavy (non-hydrogen) atoms. The molecule has 3 heterocycles. The highest BCUT2D eigenvalue weighted by Crippen LogP contribution is 2.19. The van der Waals surface area contributed by atoms with Crippen molar-refractivity contribution in [2.75, 3.05) is 10.6 Å². The molecule has 0 unspecified atom stereocenters. The minimum atomic E-state index is -0.118. The number of aryl methyl sites for hydroxylation is 2. The number of nitrogens with zero attached hydrogens (tertiary/aromatic N) is 4. The number of rotatable bonds is 11. The number of carbonyl (C=O) groups excluding carboxylic acids is 2. The second-order valence-electron chi connectivity index (χ2n) is 7.63. The first kappa shape index (κ1) is 23.7. The van der Waals surface area contributed by atoms with Gasteiger partial charge in [-0.3, -0.25) is 9.59 Å². The van der Waals surface area contributed by atoms with Crippen LogP contribution in [-0.2, 0) is 35.3 Å². The molecule has 2 amide bonds. The summed E-state index contributed by atoms with van der Waals surface area (Å²) in [6.45, 7) is 0. The zero-order chi connectivity index (χ0) is 23.6. The van der Waals surface area contributed by atoms with Gasteiger partial charge >= 0.3 is 0 Å². The number of carbonyl (C=O) groups is 2. The summed E-state index contributed by atoms with van der Waals surface area (Å²) in [6.07, 6.45) is 4.08. The summed E-state index contributed by atoms with van der Waals surface area (Å²) in [5, 5.41) is 25.5. The number of thiophene rings is 1. The fourth-order valence-electron chi connectivity index (χ4n) is 3.25. The summed E-state index contributed by atoms with van der Waals surface area (Å²) < 4.78 is 0. The van der Waals surface area contributed by atoms with Crippen molar-refractivity contribution < 1.29 is 9.59 Å². The first-order valence-electron chi connectivity index (χ1n) is 10.9. The highest BCUT2D eigenvalue weighted by molar-refractivity contribution is 7.15. The van der Waals surface area contributed by atoms with Gasteiger partial charge in [-0.1, -0.05) is 47.7 Å². The van der Waals surface area contributed by atoms with Gasteiger partial charge in [0.15, 0.2) is 5.82 Å². The first-order chi connectivity index (χ1) is 16.6. The van der Waals surface area contributed by atoms with Crippen LogP contribution in [0.15, 0.2) is 60.0 Å². The number of unbranched alkanes of at least 4 members (excludes halogenated alkanes) is 1. The lowest BCUT2D eigenvalue weighted by Crippen LogP contribution is -2.15. The summed E-state index contributed by atoms with van der Waals surface area (Å²) in [6, 6.07) is 17.1. The largest absolute Gasteiger partial charge is 0.309 e. The third-order valence-electron chi connectivity index (χ3n) is 4.90. The molecule has 0 atom stereocenters. The van der Waals surface area contributed by atoms with Gasteiger partial charge in [-0.15, -0.1) is 26.6 Å². The molecule has 0 bridgehead atoms. The van der Waals surface area contributed by atoms with E-state index in [-0.39, 0.29) is 11.8 Å². The maximum atomic E-state index is 12.1. The molecule has 2 N–H and O–H groups in total. The molecule has 10 heteroatoms. The van der Waals surface area contributed by atoms with E-state index in [2.05, 4.69) is 31.0 Å². The van der Waals surface area contributed by atoms with Crippen molar-refractivity contribution in [1.82, 2.24) is 20.4 Å². The van der Waals surface area contributed by atoms with Crippen LogP contribution in [0.25, 0.3) is 0 Å². The molecule has 0 aliphatic carbocycles.